The summed E-state index contributed by atoms with van der Waals surface area (Å²) >= 11 is 0. The molecule has 0 atom stereocenters. The Hall–Kier alpha value is -1.93. The highest BCUT2D eigenvalue weighted by Crippen LogP contribution is 2.25. The molecule has 154 valence electrons. The molecule has 1 aliphatic heterocycles. The van der Waals surface area contributed by atoms with Gasteiger partial charge < -0.3 is 10.6 Å². The summed E-state index contributed by atoms with van der Waals surface area (Å²) in [5, 5.41) is 5.82. The summed E-state index contributed by atoms with van der Waals surface area (Å²) in [6, 6.07) is 4.94. The summed E-state index contributed by atoms with van der Waals surface area (Å²) in [4.78, 5) is 23.9. The molecule has 0 bridgehead atoms. The number of aryl methyl sites for hydroxylation is 1. The van der Waals surface area contributed by atoms with Gasteiger partial charge in [0.2, 0.25) is 21.8 Å². The number of fused-ring (bicyclic) bond motifs is 1. The highest BCUT2D eigenvalue weighted by molar-refractivity contribution is 7.89. The molecule has 1 aromatic rings. The summed E-state index contributed by atoms with van der Waals surface area (Å²) in [5.74, 6) is -0.161. The molecule has 1 heterocycles. The van der Waals surface area contributed by atoms with Gasteiger partial charge in [-0.2, -0.15) is 0 Å². The topological polar surface area (TPSA) is 104 Å². The average Bonchev–Trinajstić information content (AvgIpc) is 3.00. The van der Waals surface area contributed by atoms with E-state index < -0.39 is 10.0 Å². The van der Waals surface area contributed by atoms with Crippen LogP contribution in [0.2, 0.25) is 0 Å². The van der Waals surface area contributed by atoms with Crippen molar-refractivity contribution in [2.45, 2.75) is 75.1 Å². The second kappa shape index (κ2) is 9.52. The molecule has 28 heavy (non-hydrogen) atoms. The molecule has 0 radical (unpaired) electrons. The van der Waals surface area contributed by atoms with Crippen LogP contribution in [0.15, 0.2) is 23.1 Å². The van der Waals surface area contributed by atoms with Gasteiger partial charge in [-0.25, -0.2) is 13.1 Å². The first-order valence-corrected chi connectivity index (χ1v) is 11.6. The van der Waals surface area contributed by atoms with Crippen molar-refractivity contribution in [3.05, 3.63) is 23.8 Å². The molecule has 7 nitrogen and oxygen atoms in total. The van der Waals surface area contributed by atoms with Crippen LogP contribution in [-0.2, 0) is 26.0 Å². The minimum Gasteiger partial charge on any atom is -0.353 e. The number of nitrogens with one attached hydrogen (secondary N) is 3. The second-order valence-electron chi connectivity index (χ2n) is 7.62. The standard InChI is InChI=1S/C20H29N3O4S/c24-19-9-5-6-15-14-17(10-11-18(15)23-19)28(26,27)21-13-12-20(25)22-16-7-3-1-2-4-8-16/h10-11,14,16,21H,1-9,12-13H2,(H,22,25)(H,23,24). The van der Waals surface area contributed by atoms with Crippen LogP contribution < -0.4 is 15.4 Å². The third kappa shape index (κ3) is 5.78. The Morgan fingerprint density at radius 3 is 2.57 bits per heavy atom. The molecule has 1 aliphatic carbocycles. The number of amides is 2. The van der Waals surface area contributed by atoms with Crippen LogP contribution in [0.5, 0.6) is 0 Å². The van der Waals surface area contributed by atoms with Gasteiger partial charge in [-0.15, -0.1) is 0 Å². The largest absolute Gasteiger partial charge is 0.353 e. The van der Waals surface area contributed by atoms with Crippen LogP contribution in [0.3, 0.4) is 0 Å². The molecular weight excluding hydrogens is 378 g/mol. The predicted octanol–water partition coefficient (Wildman–Crippen LogP) is 2.47. The lowest BCUT2D eigenvalue weighted by atomic mass is 10.1. The molecule has 1 fully saturated rings. The first kappa shape index (κ1) is 20.8. The molecule has 3 N–H and O–H groups in total. The van der Waals surface area contributed by atoms with Crippen molar-refractivity contribution in [1.82, 2.24) is 10.0 Å². The van der Waals surface area contributed by atoms with Crippen molar-refractivity contribution in [1.29, 1.82) is 0 Å². The van der Waals surface area contributed by atoms with E-state index in [2.05, 4.69) is 15.4 Å². The van der Waals surface area contributed by atoms with Gasteiger partial charge in [-0.3, -0.25) is 9.59 Å². The molecule has 2 aliphatic rings. The van der Waals surface area contributed by atoms with E-state index in [9.17, 15) is 18.0 Å². The summed E-state index contributed by atoms with van der Waals surface area (Å²) < 4.78 is 27.6. The van der Waals surface area contributed by atoms with Crippen molar-refractivity contribution >= 4 is 27.5 Å². The lowest BCUT2D eigenvalue weighted by molar-refractivity contribution is -0.121. The fraction of sp³-hybridized carbons (Fsp3) is 0.600. The molecule has 0 saturated heterocycles. The highest BCUT2D eigenvalue weighted by atomic mass is 32.2. The Kier molecular flexibility index (Phi) is 7.07. The number of hydrogen-bond acceptors (Lipinski definition) is 4. The Bertz CT molecular complexity index is 815. The summed E-state index contributed by atoms with van der Waals surface area (Å²) in [6.07, 6.45) is 8.62. The predicted molar refractivity (Wildman–Crippen MR) is 107 cm³/mol. The van der Waals surface area contributed by atoms with Gasteiger partial charge in [-0.05, 0) is 49.4 Å². The Morgan fingerprint density at radius 2 is 1.82 bits per heavy atom. The van der Waals surface area contributed by atoms with Crippen molar-refractivity contribution in [2.24, 2.45) is 0 Å². The van der Waals surface area contributed by atoms with E-state index in [0.717, 1.165) is 31.2 Å². The zero-order valence-electron chi connectivity index (χ0n) is 16.1. The van der Waals surface area contributed by atoms with E-state index in [1.54, 1.807) is 12.1 Å². The van der Waals surface area contributed by atoms with Gasteiger partial charge in [0.05, 0.1) is 4.90 Å². The van der Waals surface area contributed by atoms with Crippen molar-refractivity contribution in [3.8, 4) is 0 Å². The Balaban J connectivity index is 1.53. The minimum atomic E-state index is -3.70. The zero-order chi connectivity index (χ0) is 20.0. The third-order valence-corrected chi connectivity index (χ3v) is 6.83. The van der Waals surface area contributed by atoms with Crippen LogP contribution >= 0.6 is 0 Å². The zero-order valence-corrected chi connectivity index (χ0v) is 16.9. The maximum atomic E-state index is 12.6. The monoisotopic (exact) mass is 407 g/mol. The van der Waals surface area contributed by atoms with Crippen LogP contribution in [0.1, 0.15) is 63.4 Å². The van der Waals surface area contributed by atoms with Crippen molar-refractivity contribution in [3.63, 3.8) is 0 Å². The highest BCUT2D eigenvalue weighted by Gasteiger charge is 2.20. The van der Waals surface area contributed by atoms with E-state index in [1.165, 1.54) is 18.9 Å². The number of benzene rings is 1. The van der Waals surface area contributed by atoms with Crippen LogP contribution in [0.4, 0.5) is 5.69 Å². The van der Waals surface area contributed by atoms with E-state index >= 15 is 0 Å². The summed E-state index contributed by atoms with van der Waals surface area (Å²) in [7, 11) is -3.70. The number of rotatable bonds is 6. The van der Waals surface area contributed by atoms with Crippen LogP contribution in [-0.4, -0.2) is 32.8 Å². The van der Waals surface area contributed by atoms with E-state index in [-0.39, 0.29) is 35.7 Å². The van der Waals surface area contributed by atoms with Gasteiger partial charge in [0.25, 0.3) is 0 Å². The summed E-state index contributed by atoms with van der Waals surface area (Å²) in [5.41, 5.74) is 1.49. The quantitative estimate of drug-likeness (QED) is 0.630. The van der Waals surface area contributed by atoms with Gasteiger partial charge in [-0.1, -0.05) is 25.7 Å². The van der Waals surface area contributed by atoms with Crippen LogP contribution in [0, 0.1) is 0 Å². The number of carbonyl (C=O) groups excluding carboxylic acids is 2. The number of sulfonamides is 1. The molecular formula is C20H29N3O4S. The molecule has 1 saturated carbocycles. The van der Waals surface area contributed by atoms with Crippen molar-refractivity contribution in [2.75, 3.05) is 11.9 Å². The fourth-order valence-corrected chi connectivity index (χ4v) is 4.91. The van der Waals surface area contributed by atoms with Gasteiger partial charge in [0.1, 0.15) is 0 Å². The number of hydrogen-bond donors (Lipinski definition) is 3. The maximum absolute atomic E-state index is 12.6. The number of carbonyl (C=O) groups is 2. The van der Waals surface area contributed by atoms with Crippen LogP contribution in [0.25, 0.3) is 0 Å². The summed E-state index contributed by atoms with van der Waals surface area (Å²) in [6.45, 7) is 0.0642. The van der Waals surface area contributed by atoms with E-state index in [0.29, 0.717) is 24.9 Å². The minimum absolute atomic E-state index is 0.0489. The SMILES string of the molecule is O=C1CCCc2cc(S(=O)(=O)NCCC(=O)NC3CCCCCC3)ccc2N1. The second-order valence-corrected chi connectivity index (χ2v) is 9.39. The van der Waals surface area contributed by atoms with Crippen molar-refractivity contribution < 1.29 is 18.0 Å². The van der Waals surface area contributed by atoms with Gasteiger partial charge in [0, 0.05) is 31.1 Å². The molecule has 2 amide bonds. The lowest BCUT2D eigenvalue weighted by Crippen LogP contribution is -2.36. The van der Waals surface area contributed by atoms with E-state index in [1.807, 2.05) is 0 Å². The number of anilines is 1. The smallest absolute Gasteiger partial charge is 0.240 e. The molecule has 0 aromatic heterocycles. The first-order valence-electron chi connectivity index (χ1n) is 10.2. The maximum Gasteiger partial charge on any atom is 0.240 e. The normalized spacial score (nSPS) is 18.5. The van der Waals surface area contributed by atoms with E-state index in [4.69, 9.17) is 0 Å². The molecule has 8 heteroatoms. The first-order chi connectivity index (χ1) is 13.4. The lowest BCUT2D eigenvalue weighted by Gasteiger charge is -2.16. The Labute approximate surface area is 166 Å². The van der Waals surface area contributed by atoms with Gasteiger partial charge in [0.15, 0.2) is 0 Å². The Morgan fingerprint density at radius 1 is 1.07 bits per heavy atom. The average molecular weight is 408 g/mol. The molecule has 0 unspecified atom stereocenters. The van der Waals surface area contributed by atoms with Gasteiger partial charge >= 0.3 is 0 Å². The molecule has 1 aromatic carbocycles. The third-order valence-electron chi connectivity index (χ3n) is 5.38. The molecule has 0 spiro atoms. The molecule has 3 rings (SSSR count). The fourth-order valence-electron chi connectivity index (χ4n) is 3.82.